The topological polar surface area (TPSA) is 71.1 Å². The maximum atomic E-state index is 11.3. The van der Waals surface area contributed by atoms with Gasteiger partial charge in [0.2, 0.25) is 11.8 Å². The molecule has 80 valence electrons. The van der Waals surface area contributed by atoms with Gasteiger partial charge in [0.05, 0.1) is 16.7 Å². The second kappa shape index (κ2) is 5.45. The minimum atomic E-state index is -0.280. The molecule has 1 heterocycles. The Morgan fingerprint density at radius 2 is 2.27 bits per heavy atom. The highest BCUT2D eigenvalue weighted by Crippen LogP contribution is 2.19. The summed E-state index contributed by atoms with van der Waals surface area (Å²) in [5.74, 6) is -0.518. The van der Waals surface area contributed by atoms with Gasteiger partial charge in [-0.25, -0.2) is 0 Å². The summed E-state index contributed by atoms with van der Waals surface area (Å²) >= 11 is 3.24. The van der Waals surface area contributed by atoms with Gasteiger partial charge in [-0.05, 0) is 22.0 Å². The standard InChI is InChI=1S/C9H10BrN3O2/c1-6(14)12-5-9(15)13-8-2-3-11-4-7(8)10/h2-4H,5H2,1H3,(H,12,14)(H,11,13,15). The average molecular weight is 272 g/mol. The molecule has 0 aliphatic rings. The van der Waals surface area contributed by atoms with E-state index in [0.29, 0.717) is 10.2 Å². The molecule has 0 spiro atoms. The van der Waals surface area contributed by atoms with Gasteiger partial charge in [0, 0.05) is 19.3 Å². The normalized spacial score (nSPS) is 9.47. The molecular weight excluding hydrogens is 262 g/mol. The van der Waals surface area contributed by atoms with Crippen molar-refractivity contribution in [1.29, 1.82) is 0 Å². The third-order valence-electron chi connectivity index (χ3n) is 1.54. The van der Waals surface area contributed by atoms with Crippen LogP contribution in [0.25, 0.3) is 0 Å². The first-order valence-electron chi connectivity index (χ1n) is 4.23. The van der Waals surface area contributed by atoms with Crippen LogP contribution in [0.4, 0.5) is 5.69 Å². The number of nitrogens with one attached hydrogen (secondary N) is 2. The van der Waals surface area contributed by atoms with Crippen LogP contribution in [0.5, 0.6) is 0 Å². The molecule has 15 heavy (non-hydrogen) atoms. The van der Waals surface area contributed by atoms with Crippen LogP contribution in [0.1, 0.15) is 6.92 Å². The molecule has 0 atom stereocenters. The van der Waals surface area contributed by atoms with Crippen molar-refractivity contribution in [2.45, 2.75) is 6.92 Å². The van der Waals surface area contributed by atoms with Gasteiger partial charge in [0.15, 0.2) is 0 Å². The molecule has 2 N–H and O–H groups in total. The van der Waals surface area contributed by atoms with E-state index in [-0.39, 0.29) is 18.4 Å². The molecule has 0 bridgehead atoms. The lowest BCUT2D eigenvalue weighted by atomic mass is 10.4. The zero-order chi connectivity index (χ0) is 11.3. The SMILES string of the molecule is CC(=O)NCC(=O)Nc1ccncc1Br. The van der Waals surface area contributed by atoms with Crippen LogP contribution < -0.4 is 10.6 Å². The summed E-state index contributed by atoms with van der Waals surface area (Å²) in [5.41, 5.74) is 0.625. The fourth-order valence-corrected chi connectivity index (χ4v) is 1.23. The molecule has 0 saturated heterocycles. The number of carbonyl (C=O) groups is 2. The van der Waals surface area contributed by atoms with Gasteiger partial charge in [-0.1, -0.05) is 0 Å². The van der Waals surface area contributed by atoms with Crippen LogP contribution in [0, 0.1) is 0 Å². The number of amides is 2. The van der Waals surface area contributed by atoms with Crippen molar-refractivity contribution in [2.75, 3.05) is 11.9 Å². The van der Waals surface area contributed by atoms with Gasteiger partial charge in [0.25, 0.3) is 0 Å². The number of nitrogens with zero attached hydrogens (tertiary/aromatic N) is 1. The molecule has 1 aromatic heterocycles. The summed E-state index contributed by atoms with van der Waals surface area (Å²) in [6.07, 6.45) is 3.15. The molecule has 0 aliphatic carbocycles. The maximum Gasteiger partial charge on any atom is 0.243 e. The third kappa shape index (κ3) is 4.07. The smallest absolute Gasteiger partial charge is 0.243 e. The third-order valence-corrected chi connectivity index (χ3v) is 2.18. The molecule has 0 aromatic carbocycles. The minimum Gasteiger partial charge on any atom is -0.347 e. The number of aromatic nitrogens is 1. The number of rotatable bonds is 3. The molecule has 6 heteroatoms. The second-order valence-electron chi connectivity index (χ2n) is 2.81. The summed E-state index contributed by atoms with van der Waals surface area (Å²) < 4.78 is 0.696. The van der Waals surface area contributed by atoms with Crippen LogP contribution in [-0.2, 0) is 9.59 Å². The van der Waals surface area contributed by atoms with Crippen molar-refractivity contribution >= 4 is 33.4 Å². The molecule has 1 aromatic rings. The monoisotopic (exact) mass is 271 g/mol. The average Bonchev–Trinajstić information content (AvgIpc) is 2.18. The number of hydrogen-bond acceptors (Lipinski definition) is 3. The first kappa shape index (κ1) is 11.6. The van der Waals surface area contributed by atoms with E-state index < -0.39 is 0 Å². The first-order chi connectivity index (χ1) is 7.09. The lowest BCUT2D eigenvalue weighted by Gasteiger charge is -2.06. The summed E-state index contributed by atoms with van der Waals surface area (Å²) in [5, 5.41) is 5.03. The molecule has 0 radical (unpaired) electrons. The van der Waals surface area contributed by atoms with E-state index in [0.717, 1.165) is 0 Å². The Bertz CT molecular complexity index is 381. The lowest BCUT2D eigenvalue weighted by molar-refractivity contribution is -0.122. The lowest BCUT2D eigenvalue weighted by Crippen LogP contribution is -2.31. The van der Waals surface area contributed by atoms with Crippen molar-refractivity contribution in [1.82, 2.24) is 10.3 Å². The summed E-state index contributed by atoms with van der Waals surface area (Å²) in [6, 6.07) is 1.66. The minimum absolute atomic E-state index is 0.0376. The summed E-state index contributed by atoms with van der Waals surface area (Å²) in [4.78, 5) is 25.7. The Labute approximate surface area is 95.4 Å². The molecule has 0 fully saturated rings. The Morgan fingerprint density at radius 1 is 1.53 bits per heavy atom. The zero-order valence-corrected chi connectivity index (χ0v) is 9.67. The predicted octanol–water partition coefficient (Wildman–Crippen LogP) is 0.919. The Morgan fingerprint density at radius 3 is 2.87 bits per heavy atom. The first-order valence-corrected chi connectivity index (χ1v) is 5.02. The summed E-state index contributed by atoms with van der Waals surface area (Å²) in [7, 11) is 0. The van der Waals surface area contributed by atoms with E-state index in [2.05, 4.69) is 31.5 Å². The fraction of sp³-hybridized carbons (Fsp3) is 0.222. The molecule has 2 amide bonds. The van der Waals surface area contributed by atoms with Crippen LogP contribution in [0.2, 0.25) is 0 Å². The van der Waals surface area contributed by atoms with Gasteiger partial charge < -0.3 is 10.6 Å². The predicted molar refractivity (Wildman–Crippen MR) is 59.3 cm³/mol. The molecule has 0 unspecified atom stereocenters. The number of carbonyl (C=O) groups excluding carboxylic acids is 2. The molecule has 5 nitrogen and oxygen atoms in total. The Kier molecular flexibility index (Phi) is 4.23. The molecule has 1 rings (SSSR count). The van der Waals surface area contributed by atoms with E-state index in [1.807, 2.05) is 0 Å². The van der Waals surface area contributed by atoms with Crippen molar-refractivity contribution in [3.63, 3.8) is 0 Å². The largest absolute Gasteiger partial charge is 0.347 e. The second-order valence-corrected chi connectivity index (χ2v) is 3.67. The fourth-order valence-electron chi connectivity index (χ4n) is 0.876. The highest BCUT2D eigenvalue weighted by atomic mass is 79.9. The molecular formula is C9H10BrN3O2. The Balaban J connectivity index is 2.52. The van der Waals surface area contributed by atoms with Crippen molar-refractivity contribution in [2.24, 2.45) is 0 Å². The highest BCUT2D eigenvalue weighted by Gasteiger charge is 2.05. The quantitative estimate of drug-likeness (QED) is 0.859. The van der Waals surface area contributed by atoms with Crippen molar-refractivity contribution in [3.8, 4) is 0 Å². The van der Waals surface area contributed by atoms with Crippen LogP contribution in [0.3, 0.4) is 0 Å². The van der Waals surface area contributed by atoms with Crippen LogP contribution in [0.15, 0.2) is 22.9 Å². The van der Waals surface area contributed by atoms with Crippen LogP contribution >= 0.6 is 15.9 Å². The number of anilines is 1. The number of hydrogen-bond donors (Lipinski definition) is 2. The van der Waals surface area contributed by atoms with Crippen molar-refractivity contribution in [3.05, 3.63) is 22.9 Å². The number of halogens is 1. The van der Waals surface area contributed by atoms with E-state index in [1.165, 1.54) is 6.92 Å². The van der Waals surface area contributed by atoms with Gasteiger partial charge in [-0.15, -0.1) is 0 Å². The summed E-state index contributed by atoms with van der Waals surface area (Å²) in [6.45, 7) is 1.32. The van der Waals surface area contributed by atoms with Gasteiger partial charge in [-0.2, -0.15) is 0 Å². The van der Waals surface area contributed by atoms with Gasteiger partial charge >= 0.3 is 0 Å². The van der Waals surface area contributed by atoms with E-state index >= 15 is 0 Å². The van der Waals surface area contributed by atoms with E-state index in [9.17, 15) is 9.59 Å². The zero-order valence-electron chi connectivity index (χ0n) is 8.08. The van der Waals surface area contributed by atoms with E-state index in [4.69, 9.17) is 0 Å². The molecule has 0 aliphatic heterocycles. The van der Waals surface area contributed by atoms with Crippen molar-refractivity contribution < 1.29 is 9.59 Å². The highest BCUT2D eigenvalue weighted by molar-refractivity contribution is 9.10. The van der Waals surface area contributed by atoms with Crippen LogP contribution in [-0.4, -0.2) is 23.3 Å². The van der Waals surface area contributed by atoms with Gasteiger partial charge in [0.1, 0.15) is 0 Å². The maximum absolute atomic E-state index is 11.3. The van der Waals surface area contributed by atoms with Gasteiger partial charge in [-0.3, -0.25) is 14.6 Å². The number of pyridine rings is 1. The van der Waals surface area contributed by atoms with E-state index in [1.54, 1.807) is 18.5 Å². The molecule has 0 saturated carbocycles. The Hall–Kier alpha value is -1.43.